The Morgan fingerprint density at radius 1 is 1.03 bits per heavy atom. The van der Waals surface area contributed by atoms with E-state index in [1.165, 1.54) is 24.3 Å². The molecule has 1 N–H and O–H groups in total. The van der Waals surface area contributed by atoms with Gasteiger partial charge in [-0.25, -0.2) is 0 Å². The molecule has 0 amide bonds. The molecule has 0 unspecified atom stereocenters. The Morgan fingerprint density at radius 3 is 2.21 bits per heavy atom. The van der Waals surface area contributed by atoms with Crippen LogP contribution in [-0.2, 0) is 22.6 Å². The molecule has 3 aromatic rings. The van der Waals surface area contributed by atoms with Crippen molar-refractivity contribution in [3.8, 4) is 11.3 Å². The molecule has 0 atom stereocenters. The first-order valence-electron chi connectivity index (χ1n) is 8.91. The number of hydrogen-bond donors (Lipinski definition) is 1. The van der Waals surface area contributed by atoms with Gasteiger partial charge in [-0.1, -0.05) is 56.3 Å². The van der Waals surface area contributed by atoms with Crippen molar-refractivity contribution in [2.45, 2.75) is 31.3 Å². The molecule has 0 fully saturated rings. The zero-order valence-corrected chi connectivity index (χ0v) is 16.6. The van der Waals surface area contributed by atoms with E-state index in [4.69, 9.17) is 0 Å². The summed E-state index contributed by atoms with van der Waals surface area (Å²) in [5, 5.41) is 3.44. The van der Waals surface area contributed by atoms with Crippen LogP contribution in [0.1, 0.15) is 25.1 Å². The van der Waals surface area contributed by atoms with Crippen LogP contribution in [0, 0.1) is 5.92 Å². The van der Waals surface area contributed by atoms with E-state index in [0.717, 1.165) is 18.1 Å². The van der Waals surface area contributed by atoms with E-state index in [2.05, 4.69) is 23.8 Å². The highest BCUT2D eigenvalue weighted by atomic mass is 32.2. The monoisotopic (exact) mass is 423 g/mol. The molecular weight excluding hydrogens is 403 g/mol. The molecule has 0 aliphatic rings. The number of alkyl halides is 3. The highest BCUT2D eigenvalue weighted by molar-refractivity contribution is 7.92. The van der Waals surface area contributed by atoms with Gasteiger partial charge in [0, 0.05) is 5.56 Å². The van der Waals surface area contributed by atoms with Gasteiger partial charge in [0.05, 0.1) is 10.6 Å². The SMILES string of the molecule is CC(C)Cc1ccc(-c2cc(C(F)(F)F)nn2NS(=O)(=O)c2ccccc2)cc1. The third-order valence-corrected chi connectivity index (χ3v) is 5.46. The second kappa shape index (κ2) is 7.90. The average Bonchev–Trinajstić information content (AvgIpc) is 3.06. The van der Waals surface area contributed by atoms with Gasteiger partial charge in [0.1, 0.15) is 0 Å². The molecule has 0 saturated heterocycles. The van der Waals surface area contributed by atoms with Crippen LogP contribution in [0.15, 0.2) is 65.6 Å². The Morgan fingerprint density at radius 2 is 1.66 bits per heavy atom. The van der Waals surface area contributed by atoms with Gasteiger partial charge in [0.15, 0.2) is 5.69 Å². The fraction of sp³-hybridized carbons (Fsp3) is 0.250. The van der Waals surface area contributed by atoms with Crippen molar-refractivity contribution in [3.05, 3.63) is 71.9 Å². The molecular formula is C20H20F3N3O2S. The minimum Gasteiger partial charge on any atom is -0.200 e. The van der Waals surface area contributed by atoms with E-state index in [1.807, 2.05) is 12.1 Å². The normalized spacial score (nSPS) is 12.3. The Balaban J connectivity index is 2.02. The lowest BCUT2D eigenvalue weighted by molar-refractivity contribution is -0.141. The molecule has 154 valence electrons. The van der Waals surface area contributed by atoms with Crippen molar-refractivity contribution < 1.29 is 21.6 Å². The van der Waals surface area contributed by atoms with E-state index in [-0.39, 0.29) is 10.6 Å². The highest BCUT2D eigenvalue weighted by Crippen LogP contribution is 2.32. The first kappa shape index (κ1) is 20.9. The van der Waals surface area contributed by atoms with Gasteiger partial charge in [0.25, 0.3) is 10.0 Å². The van der Waals surface area contributed by atoms with Crippen LogP contribution in [0.2, 0.25) is 0 Å². The van der Waals surface area contributed by atoms with Crippen molar-refractivity contribution in [1.82, 2.24) is 9.89 Å². The maximum Gasteiger partial charge on any atom is 0.435 e. The molecule has 29 heavy (non-hydrogen) atoms. The smallest absolute Gasteiger partial charge is 0.200 e. The summed E-state index contributed by atoms with van der Waals surface area (Å²) in [7, 11) is -4.12. The highest BCUT2D eigenvalue weighted by Gasteiger charge is 2.35. The Labute approximate surface area is 167 Å². The fourth-order valence-corrected chi connectivity index (χ4v) is 3.83. The van der Waals surface area contributed by atoms with Crippen molar-refractivity contribution in [1.29, 1.82) is 0 Å². The number of sulfonamides is 1. The van der Waals surface area contributed by atoms with Gasteiger partial charge in [-0.15, -0.1) is 5.10 Å². The molecule has 1 heterocycles. The summed E-state index contributed by atoms with van der Waals surface area (Å²) in [6, 6.07) is 15.1. The van der Waals surface area contributed by atoms with E-state index in [9.17, 15) is 21.6 Å². The number of aromatic nitrogens is 2. The molecule has 3 rings (SSSR count). The predicted octanol–water partition coefficient (Wildman–Crippen LogP) is 4.70. The minimum absolute atomic E-state index is 0.00655. The molecule has 0 saturated carbocycles. The fourth-order valence-electron chi connectivity index (χ4n) is 2.84. The summed E-state index contributed by atoms with van der Waals surface area (Å²) in [5.41, 5.74) is 0.259. The van der Waals surface area contributed by atoms with Crippen LogP contribution in [-0.4, -0.2) is 18.3 Å². The number of rotatable bonds is 6. The Bertz CT molecular complexity index is 1070. The molecule has 0 aliphatic heterocycles. The maximum absolute atomic E-state index is 13.2. The third kappa shape index (κ3) is 4.97. The lowest BCUT2D eigenvalue weighted by atomic mass is 10.0. The average molecular weight is 423 g/mol. The van der Waals surface area contributed by atoms with Crippen molar-refractivity contribution in [2.24, 2.45) is 5.92 Å². The lowest BCUT2D eigenvalue weighted by Gasteiger charge is -2.12. The molecule has 5 nitrogen and oxygen atoms in total. The zero-order valence-electron chi connectivity index (χ0n) is 15.8. The van der Waals surface area contributed by atoms with Crippen molar-refractivity contribution in [3.63, 3.8) is 0 Å². The standard InChI is InChI=1S/C20H20F3N3O2S/c1-14(2)12-15-8-10-16(11-9-15)18-13-19(20(21,22)23)24-26(18)25-29(27,28)17-6-4-3-5-7-17/h3-11,13-14,25H,12H2,1-2H3. The van der Waals surface area contributed by atoms with Crippen LogP contribution >= 0.6 is 0 Å². The number of nitrogens with zero attached hydrogens (tertiary/aromatic N) is 2. The molecule has 9 heteroatoms. The zero-order chi connectivity index (χ0) is 21.2. The predicted molar refractivity (Wildman–Crippen MR) is 104 cm³/mol. The van der Waals surface area contributed by atoms with Gasteiger partial charge < -0.3 is 0 Å². The lowest BCUT2D eigenvalue weighted by Crippen LogP contribution is -2.25. The number of nitrogens with one attached hydrogen (secondary N) is 1. The van der Waals surface area contributed by atoms with Gasteiger partial charge in [-0.3, -0.25) is 0 Å². The Hall–Kier alpha value is -2.81. The van der Waals surface area contributed by atoms with Gasteiger partial charge >= 0.3 is 6.18 Å². The van der Waals surface area contributed by atoms with Gasteiger partial charge in [-0.05, 0) is 36.1 Å². The van der Waals surface area contributed by atoms with Gasteiger partial charge in [0.2, 0.25) is 0 Å². The minimum atomic E-state index is -4.71. The summed E-state index contributed by atoms with van der Waals surface area (Å²) in [4.78, 5) is 2.69. The summed E-state index contributed by atoms with van der Waals surface area (Å²) < 4.78 is 64.8. The van der Waals surface area contributed by atoms with Crippen LogP contribution in [0.5, 0.6) is 0 Å². The number of benzene rings is 2. The topological polar surface area (TPSA) is 64.0 Å². The molecule has 2 aromatic carbocycles. The molecule has 0 radical (unpaired) electrons. The van der Waals surface area contributed by atoms with E-state index in [0.29, 0.717) is 16.3 Å². The van der Waals surface area contributed by atoms with Crippen LogP contribution in [0.4, 0.5) is 13.2 Å². The summed E-state index contributed by atoms with van der Waals surface area (Å²) >= 11 is 0. The Kier molecular flexibility index (Phi) is 5.70. The molecule has 0 spiro atoms. The van der Waals surface area contributed by atoms with E-state index < -0.39 is 21.9 Å². The van der Waals surface area contributed by atoms with E-state index in [1.54, 1.807) is 18.2 Å². The summed E-state index contributed by atoms with van der Waals surface area (Å²) in [6.45, 7) is 4.13. The van der Waals surface area contributed by atoms with Gasteiger partial charge in [-0.2, -0.15) is 31.2 Å². The summed E-state index contributed by atoms with van der Waals surface area (Å²) in [6.07, 6.45) is -3.89. The third-order valence-electron chi connectivity index (χ3n) is 4.15. The van der Waals surface area contributed by atoms with Crippen molar-refractivity contribution in [2.75, 3.05) is 4.83 Å². The van der Waals surface area contributed by atoms with Crippen LogP contribution in [0.25, 0.3) is 11.3 Å². The molecule has 0 aliphatic carbocycles. The summed E-state index contributed by atoms with van der Waals surface area (Å²) in [5.74, 6) is 0.431. The second-order valence-electron chi connectivity index (χ2n) is 7.03. The second-order valence-corrected chi connectivity index (χ2v) is 8.69. The molecule has 0 bridgehead atoms. The molecule has 1 aromatic heterocycles. The van der Waals surface area contributed by atoms with E-state index >= 15 is 0 Å². The quantitative estimate of drug-likeness (QED) is 0.625. The number of halogens is 3. The van der Waals surface area contributed by atoms with Crippen molar-refractivity contribution >= 4 is 10.0 Å². The first-order chi connectivity index (χ1) is 13.6. The van der Waals surface area contributed by atoms with Crippen LogP contribution < -0.4 is 4.83 Å². The maximum atomic E-state index is 13.2. The van der Waals surface area contributed by atoms with Crippen LogP contribution in [0.3, 0.4) is 0 Å². The first-order valence-corrected chi connectivity index (χ1v) is 10.4. The number of hydrogen-bond acceptors (Lipinski definition) is 3. The largest absolute Gasteiger partial charge is 0.435 e.